The van der Waals surface area contributed by atoms with Crippen molar-refractivity contribution in [3.05, 3.63) is 88.5 Å². The summed E-state index contributed by atoms with van der Waals surface area (Å²) in [7, 11) is 0. The average molecular weight is 443 g/mol. The number of nitrogens with two attached hydrogens (primary N) is 1. The number of anilines is 1. The van der Waals surface area contributed by atoms with Crippen molar-refractivity contribution < 1.29 is 4.79 Å². The van der Waals surface area contributed by atoms with E-state index in [9.17, 15) is 9.59 Å². The number of imidazole rings is 1. The molecule has 4 aromatic rings. The van der Waals surface area contributed by atoms with E-state index in [0.29, 0.717) is 35.8 Å². The normalized spacial score (nSPS) is 16.3. The number of ketones is 1. The van der Waals surface area contributed by atoms with Crippen LogP contribution in [0.5, 0.6) is 0 Å². The molecule has 0 amide bonds. The molecule has 1 fully saturated rings. The zero-order chi connectivity index (χ0) is 22.8. The minimum Gasteiger partial charge on any atom is -0.341 e. The molecule has 0 aliphatic carbocycles. The van der Waals surface area contributed by atoms with Crippen LogP contribution in [0, 0.1) is 0 Å². The molecule has 1 atom stereocenters. The molecule has 2 aromatic carbocycles. The second-order valence-corrected chi connectivity index (χ2v) is 8.47. The summed E-state index contributed by atoms with van der Waals surface area (Å²) >= 11 is 0. The molecule has 1 saturated heterocycles. The number of aromatic nitrogens is 4. The number of rotatable bonds is 6. The van der Waals surface area contributed by atoms with Crippen LogP contribution in [0.15, 0.2) is 71.8 Å². The lowest BCUT2D eigenvalue weighted by atomic mass is 10.1. The third-order valence-corrected chi connectivity index (χ3v) is 6.05. The lowest BCUT2D eigenvalue weighted by Crippen LogP contribution is -2.44. The molecule has 0 saturated carbocycles. The lowest BCUT2D eigenvalue weighted by molar-refractivity contribution is 0.0970. The van der Waals surface area contributed by atoms with Gasteiger partial charge in [0.25, 0.3) is 5.56 Å². The number of hydrogen-bond acceptors (Lipinski definition) is 6. The maximum Gasteiger partial charge on any atom is 0.280 e. The molecule has 1 unspecified atom stereocenters. The molecule has 2 N–H and O–H groups in total. The second-order valence-electron chi connectivity index (χ2n) is 8.47. The maximum atomic E-state index is 13.5. The molecule has 0 radical (unpaired) electrons. The van der Waals surface area contributed by atoms with Crippen molar-refractivity contribution in [3.8, 4) is 0 Å². The SMILES string of the molecule is NC1CCCN(c2nc3ncn(CC(=O)c4ccccc4)c(=O)c3n2Cc2ccccc2)C1. The molecule has 168 valence electrons. The molecule has 33 heavy (non-hydrogen) atoms. The number of nitrogens with zero attached hydrogens (tertiary/aromatic N) is 5. The summed E-state index contributed by atoms with van der Waals surface area (Å²) in [4.78, 5) is 37.6. The van der Waals surface area contributed by atoms with Gasteiger partial charge >= 0.3 is 0 Å². The Balaban J connectivity index is 1.59. The average Bonchev–Trinajstić information content (AvgIpc) is 3.21. The predicted octanol–water partition coefficient (Wildman–Crippen LogP) is 2.45. The summed E-state index contributed by atoms with van der Waals surface area (Å²) in [5.74, 6) is 0.552. The number of hydrogen-bond donors (Lipinski definition) is 1. The Morgan fingerprint density at radius 2 is 1.79 bits per heavy atom. The highest BCUT2D eigenvalue weighted by atomic mass is 16.1. The fraction of sp³-hybridized carbons (Fsp3) is 0.280. The molecular weight excluding hydrogens is 416 g/mol. The highest BCUT2D eigenvalue weighted by Crippen LogP contribution is 2.24. The van der Waals surface area contributed by atoms with E-state index in [0.717, 1.165) is 24.9 Å². The highest BCUT2D eigenvalue weighted by Gasteiger charge is 2.25. The van der Waals surface area contributed by atoms with Gasteiger partial charge in [-0.3, -0.25) is 18.7 Å². The van der Waals surface area contributed by atoms with Crippen LogP contribution in [-0.2, 0) is 13.1 Å². The van der Waals surface area contributed by atoms with Gasteiger partial charge in [0.05, 0.1) is 13.1 Å². The minimum absolute atomic E-state index is 0.0665. The van der Waals surface area contributed by atoms with Crippen molar-refractivity contribution in [1.29, 1.82) is 0 Å². The molecule has 1 aliphatic heterocycles. The minimum atomic E-state index is -0.278. The van der Waals surface area contributed by atoms with E-state index in [1.165, 1.54) is 10.9 Å². The van der Waals surface area contributed by atoms with E-state index in [1.54, 1.807) is 12.1 Å². The number of Topliss-reactive ketones (excluding diaryl/α,β-unsaturated/α-hetero) is 1. The van der Waals surface area contributed by atoms with Gasteiger partial charge in [-0.1, -0.05) is 60.7 Å². The first-order valence-corrected chi connectivity index (χ1v) is 11.2. The van der Waals surface area contributed by atoms with Gasteiger partial charge in [-0.05, 0) is 18.4 Å². The van der Waals surface area contributed by atoms with E-state index < -0.39 is 0 Å². The zero-order valence-electron chi connectivity index (χ0n) is 18.3. The van der Waals surface area contributed by atoms with Crippen LogP contribution in [-0.4, -0.2) is 44.0 Å². The lowest BCUT2D eigenvalue weighted by Gasteiger charge is -2.31. The Kier molecular flexibility index (Phi) is 5.75. The summed E-state index contributed by atoms with van der Waals surface area (Å²) in [5.41, 5.74) is 8.34. The molecule has 8 nitrogen and oxygen atoms in total. The van der Waals surface area contributed by atoms with Gasteiger partial charge in [-0.15, -0.1) is 0 Å². The number of carbonyl (C=O) groups excluding carboxylic acids is 1. The Labute approximate surface area is 191 Å². The zero-order valence-corrected chi connectivity index (χ0v) is 18.3. The first kappa shape index (κ1) is 21.1. The summed E-state index contributed by atoms with van der Waals surface area (Å²) in [6.07, 6.45) is 3.36. The first-order valence-electron chi connectivity index (χ1n) is 11.2. The van der Waals surface area contributed by atoms with Crippen LogP contribution in [0.1, 0.15) is 28.8 Å². The van der Waals surface area contributed by atoms with Crippen LogP contribution in [0.4, 0.5) is 5.95 Å². The Morgan fingerprint density at radius 3 is 2.52 bits per heavy atom. The van der Waals surface area contributed by atoms with Crippen LogP contribution < -0.4 is 16.2 Å². The second kappa shape index (κ2) is 8.99. The molecule has 8 heteroatoms. The Bertz CT molecular complexity index is 1330. The molecule has 0 bridgehead atoms. The van der Waals surface area contributed by atoms with Crippen molar-refractivity contribution in [2.24, 2.45) is 5.73 Å². The van der Waals surface area contributed by atoms with Crippen LogP contribution in [0.2, 0.25) is 0 Å². The third-order valence-electron chi connectivity index (χ3n) is 6.05. The molecular formula is C25H26N6O2. The van der Waals surface area contributed by atoms with Crippen molar-refractivity contribution >= 4 is 22.9 Å². The molecule has 2 aromatic heterocycles. The van der Waals surface area contributed by atoms with E-state index in [-0.39, 0.29) is 23.9 Å². The monoisotopic (exact) mass is 442 g/mol. The van der Waals surface area contributed by atoms with Crippen molar-refractivity contribution in [2.45, 2.75) is 32.0 Å². The van der Waals surface area contributed by atoms with Gasteiger partial charge in [-0.25, -0.2) is 4.98 Å². The van der Waals surface area contributed by atoms with Crippen LogP contribution in [0.25, 0.3) is 11.2 Å². The quantitative estimate of drug-likeness (QED) is 0.461. The van der Waals surface area contributed by atoms with Crippen LogP contribution >= 0.6 is 0 Å². The van der Waals surface area contributed by atoms with Gasteiger partial charge in [0.2, 0.25) is 5.95 Å². The van der Waals surface area contributed by atoms with Gasteiger partial charge in [0.1, 0.15) is 6.33 Å². The van der Waals surface area contributed by atoms with Crippen LogP contribution in [0.3, 0.4) is 0 Å². The predicted molar refractivity (Wildman–Crippen MR) is 128 cm³/mol. The van der Waals surface area contributed by atoms with Gasteiger partial charge in [0.15, 0.2) is 16.9 Å². The van der Waals surface area contributed by atoms with Gasteiger partial charge < -0.3 is 10.6 Å². The van der Waals surface area contributed by atoms with Crippen molar-refractivity contribution in [1.82, 2.24) is 19.1 Å². The molecule has 1 aliphatic rings. The van der Waals surface area contributed by atoms with Crippen molar-refractivity contribution in [3.63, 3.8) is 0 Å². The maximum absolute atomic E-state index is 13.5. The molecule has 3 heterocycles. The van der Waals surface area contributed by atoms with E-state index in [4.69, 9.17) is 10.7 Å². The topological polar surface area (TPSA) is 99.0 Å². The number of benzene rings is 2. The van der Waals surface area contributed by atoms with Gasteiger partial charge in [-0.2, -0.15) is 4.98 Å². The van der Waals surface area contributed by atoms with E-state index in [2.05, 4.69) is 9.88 Å². The molecule has 5 rings (SSSR count). The van der Waals surface area contributed by atoms with E-state index in [1.807, 2.05) is 53.1 Å². The highest BCUT2D eigenvalue weighted by molar-refractivity contribution is 5.95. The first-order chi connectivity index (χ1) is 16.1. The molecule has 0 spiro atoms. The Hall–Kier alpha value is -3.78. The van der Waals surface area contributed by atoms with E-state index >= 15 is 0 Å². The summed E-state index contributed by atoms with van der Waals surface area (Å²) in [6, 6.07) is 19.0. The van der Waals surface area contributed by atoms with Gasteiger partial charge in [0, 0.05) is 24.7 Å². The standard InChI is InChI=1S/C25H26N6O2/c26-20-12-7-13-29(15-20)25-28-23-22(31(25)14-18-8-3-1-4-9-18)24(33)30(17-27-23)16-21(32)19-10-5-2-6-11-19/h1-6,8-11,17,20H,7,12-16,26H2. The van der Waals surface area contributed by atoms with Crippen molar-refractivity contribution in [2.75, 3.05) is 18.0 Å². The Morgan fingerprint density at radius 1 is 1.06 bits per heavy atom. The smallest absolute Gasteiger partial charge is 0.280 e. The fourth-order valence-electron chi connectivity index (χ4n) is 4.37. The summed E-state index contributed by atoms with van der Waals surface area (Å²) in [5, 5.41) is 0. The number of piperidine rings is 1. The number of carbonyl (C=O) groups is 1. The summed E-state index contributed by atoms with van der Waals surface area (Å²) in [6.45, 7) is 1.91. The third kappa shape index (κ3) is 4.29. The largest absolute Gasteiger partial charge is 0.341 e. The summed E-state index contributed by atoms with van der Waals surface area (Å²) < 4.78 is 3.29. The fourth-order valence-corrected chi connectivity index (χ4v) is 4.37. The number of fused-ring (bicyclic) bond motifs is 1.